The van der Waals surface area contributed by atoms with Gasteiger partial charge in [-0.15, -0.1) is 0 Å². The van der Waals surface area contributed by atoms with E-state index >= 15 is 0 Å². The molecule has 1 fully saturated rings. The van der Waals surface area contributed by atoms with E-state index in [0.717, 1.165) is 19.3 Å². The van der Waals surface area contributed by atoms with Crippen molar-refractivity contribution in [2.75, 3.05) is 13.1 Å². The minimum atomic E-state index is -3.50. The van der Waals surface area contributed by atoms with Crippen molar-refractivity contribution in [3.05, 3.63) is 0 Å². The number of nitrogens with zero attached hydrogens (tertiary/aromatic N) is 2. The van der Waals surface area contributed by atoms with Gasteiger partial charge in [0.15, 0.2) is 0 Å². The van der Waals surface area contributed by atoms with Gasteiger partial charge < -0.3 is 0 Å². The molecule has 1 saturated heterocycles. The third kappa shape index (κ3) is 3.17. The van der Waals surface area contributed by atoms with Crippen LogP contribution in [-0.2, 0) is 10.2 Å². The van der Waals surface area contributed by atoms with Gasteiger partial charge in [0.05, 0.1) is 6.07 Å². The van der Waals surface area contributed by atoms with Gasteiger partial charge in [-0.2, -0.15) is 22.7 Å². The molecule has 1 rings (SSSR count). The van der Waals surface area contributed by atoms with Gasteiger partial charge in [0.2, 0.25) is 0 Å². The maximum absolute atomic E-state index is 12.0. The van der Waals surface area contributed by atoms with Gasteiger partial charge in [-0.3, -0.25) is 0 Å². The molecule has 1 N–H and O–H groups in total. The number of nitrogens with one attached hydrogen (secondary N) is 1. The molecule has 0 amide bonds. The van der Waals surface area contributed by atoms with E-state index in [0.29, 0.717) is 19.5 Å². The summed E-state index contributed by atoms with van der Waals surface area (Å²) in [6.45, 7) is 4.51. The predicted octanol–water partition coefficient (Wildman–Crippen LogP) is 0.999. The number of rotatable bonds is 4. The number of piperidine rings is 1. The van der Waals surface area contributed by atoms with E-state index in [9.17, 15) is 8.42 Å². The molecule has 0 aromatic carbocycles. The van der Waals surface area contributed by atoms with E-state index in [1.807, 2.05) is 6.07 Å². The summed E-state index contributed by atoms with van der Waals surface area (Å²) in [5.41, 5.74) is -1.00. The van der Waals surface area contributed by atoms with Gasteiger partial charge in [0.1, 0.15) is 5.54 Å². The van der Waals surface area contributed by atoms with Crippen molar-refractivity contribution in [2.45, 2.75) is 45.1 Å². The molecular formula is C10H19N3O2S. The van der Waals surface area contributed by atoms with Crippen LogP contribution in [0.4, 0.5) is 0 Å². The van der Waals surface area contributed by atoms with Gasteiger partial charge in [-0.25, -0.2) is 0 Å². The maximum atomic E-state index is 12.0. The summed E-state index contributed by atoms with van der Waals surface area (Å²) in [5.74, 6) is 0. The Morgan fingerprint density at radius 3 is 2.38 bits per heavy atom. The molecule has 6 heteroatoms. The van der Waals surface area contributed by atoms with Crippen molar-refractivity contribution in [2.24, 2.45) is 0 Å². The molecule has 0 saturated carbocycles. The molecule has 0 aromatic rings. The molecule has 16 heavy (non-hydrogen) atoms. The van der Waals surface area contributed by atoms with E-state index in [-0.39, 0.29) is 0 Å². The van der Waals surface area contributed by atoms with Crippen LogP contribution in [0.5, 0.6) is 0 Å². The lowest BCUT2D eigenvalue weighted by molar-refractivity contribution is 0.333. The first-order valence-corrected chi connectivity index (χ1v) is 7.08. The highest BCUT2D eigenvalue weighted by atomic mass is 32.2. The van der Waals surface area contributed by atoms with E-state index in [1.165, 1.54) is 4.31 Å². The zero-order valence-electron chi connectivity index (χ0n) is 9.86. The highest BCUT2D eigenvalue weighted by molar-refractivity contribution is 7.87. The van der Waals surface area contributed by atoms with Crippen molar-refractivity contribution in [3.8, 4) is 6.07 Å². The topological polar surface area (TPSA) is 73.2 Å². The Kier molecular flexibility index (Phi) is 4.30. The van der Waals surface area contributed by atoms with Crippen molar-refractivity contribution < 1.29 is 8.42 Å². The molecule has 1 aliphatic heterocycles. The Bertz CT molecular complexity index is 368. The van der Waals surface area contributed by atoms with Crippen LogP contribution in [0.3, 0.4) is 0 Å². The van der Waals surface area contributed by atoms with E-state index in [2.05, 4.69) is 4.72 Å². The maximum Gasteiger partial charge on any atom is 0.280 e. The summed E-state index contributed by atoms with van der Waals surface area (Å²) >= 11 is 0. The zero-order valence-corrected chi connectivity index (χ0v) is 10.7. The Morgan fingerprint density at radius 2 is 1.94 bits per heavy atom. The van der Waals surface area contributed by atoms with Crippen LogP contribution >= 0.6 is 0 Å². The SMILES string of the molecule is CCC(C)(C#N)NS(=O)(=O)N1CCCCC1. The fourth-order valence-corrected chi connectivity index (χ4v) is 3.26. The monoisotopic (exact) mass is 245 g/mol. The minimum absolute atomic E-state index is 0.455. The van der Waals surface area contributed by atoms with Crippen molar-refractivity contribution in [1.82, 2.24) is 9.03 Å². The smallest absolute Gasteiger partial charge is 0.196 e. The highest BCUT2D eigenvalue weighted by Gasteiger charge is 2.32. The normalized spacial score (nSPS) is 22.3. The summed E-state index contributed by atoms with van der Waals surface area (Å²) in [6.07, 6.45) is 3.33. The quantitative estimate of drug-likeness (QED) is 0.803. The number of hydrogen-bond acceptors (Lipinski definition) is 3. The second kappa shape index (κ2) is 5.13. The van der Waals surface area contributed by atoms with Crippen LogP contribution in [-0.4, -0.2) is 31.4 Å². The third-order valence-electron chi connectivity index (χ3n) is 2.96. The predicted molar refractivity (Wildman–Crippen MR) is 61.8 cm³/mol. The molecule has 1 unspecified atom stereocenters. The van der Waals surface area contributed by atoms with Gasteiger partial charge in [0, 0.05) is 13.1 Å². The Labute approximate surface area is 97.6 Å². The van der Waals surface area contributed by atoms with Crippen LogP contribution in [0, 0.1) is 11.3 Å². The van der Waals surface area contributed by atoms with Crippen LogP contribution in [0.2, 0.25) is 0 Å². The Hall–Kier alpha value is -0.640. The number of hydrogen-bond donors (Lipinski definition) is 1. The van der Waals surface area contributed by atoms with E-state index < -0.39 is 15.7 Å². The van der Waals surface area contributed by atoms with E-state index in [4.69, 9.17) is 5.26 Å². The first-order valence-electron chi connectivity index (χ1n) is 5.64. The molecular weight excluding hydrogens is 226 g/mol. The molecule has 92 valence electrons. The summed E-state index contributed by atoms with van der Waals surface area (Å²) in [6, 6.07) is 2.01. The lowest BCUT2D eigenvalue weighted by Crippen LogP contribution is -2.52. The fraction of sp³-hybridized carbons (Fsp3) is 0.900. The van der Waals surface area contributed by atoms with Crippen molar-refractivity contribution in [1.29, 1.82) is 5.26 Å². The van der Waals surface area contributed by atoms with Crippen LogP contribution in [0.25, 0.3) is 0 Å². The van der Waals surface area contributed by atoms with Gasteiger partial charge in [0.25, 0.3) is 10.2 Å². The van der Waals surface area contributed by atoms with Gasteiger partial charge in [-0.05, 0) is 26.2 Å². The van der Waals surface area contributed by atoms with Gasteiger partial charge >= 0.3 is 0 Å². The van der Waals surface area contributed by atoms with Gasteiger partial charge in [-0.1, -0.05) is 13.3 Å². The average molecular weight is 245 g/mol. The molecule has 5 nitrogen and oxygen atoms in total. The fourth-order valence-electron chi connectivity index (χ4n) is 1.63. The third-order valence-corrected chi connectivity index (χ3v) is 4.72. The van der Waals surface area contributed by atoms with Crippen LogP contribution in [0.1, 0.15) is 39.5 Å². The molecule has 0 aromatic heterocycles. The summed E-state index contributed by atoms with van der Waals surface area (Å²) in [7, 11) is -3.50. The lowest BCUT2D eigenvalue weighted by Gasteiger charge is -2.30. The Balaban J connectivity index is 2.75. The molecule has 1 heterocycles. The van der Waals surface area contributed by atoms with Crippen LogP contribution in [0.15, 0.2) is 0 Å². The lowest BCUT2D eigenvalue weighted by atomic mass is 10.0. The molecule has 1 aliphatic rings. The largest absolute Gasteiger partial charge is 0.280 e. The molecule has 0 aliphatic carbocycles. The number of nitriles is 1. The van der Waals surface area contributed by atoms with Crippen molar-refractivity contribution in [3.63, 3.8) is 0 Å². The first kappa shape index (κ1) is 13.4. The highest BCUT2D eigenvalue weighted by Crippen LogP contribution is 2.15. The second-order valence-corrected chi connectivity index (χ2v) is 6.03. The first-order chi connectivity index (χ1) is 7.43. The zero-order chi connectivity index (χ0) is 12.2. The summed E-state index contributed by atoms with van der Waals surface area (Å²) in [5, 5.41) is 8.95. The van der Waals surface area contributed by atoms with Crippen molar-refractivity contribution >= 4 is 10.2 Å². The summed E-state index contributed by atoms with van der Waals surface area (Å²) in [4.78, 5) is 0. The molecule has 0 bridgehead atoms. The minimum Gasteiger partial charge on any atom is -0.196 e. The molecule has 1 atom stereocenters. The van der Waals surface area contributed by atoms with Crippen LogP contribution < -0.4 is 4.72 Å². The average Bonchev–Trinajstić information content (AvgIpc) is 2.29. The standard InChI is InChI=1S/C10H19N3O2S/c1-3-10(2,9-11)12-16(14,15)13-7-5-4-6-8-13/h12H,3-8H2,1-2H3. The Morgan fingerprint density at radius 1 is 1.38 bits per heavy atom. The van der Waals surface area contributed by atoms with E-state index in [1.54, 1.807) is 13.8 Å². The molecule has 0 radical (unpaired) electrons. The second-order valence-electron chi connectivity index (χ2n) is 4.36. The summed E-state index contributed by atoms with van der Waals surface area (Å²) < 4.78 is 27.9. The molecule has 0 spiro atoms.